The topological polar surface area (TPSA) is 74.8 Å². The summed E-state index contributed by atoms with van der Waals surface area (Å²) in [6.45, 7) is 2.04. The van der Waals surface area contributed by atoms with Gasteiger partial charge in [-0.3, -0.25) is 5.10 Å². The van der Waals surface area contributed by atoms with Crippen molar-refractivity contribution in [1.82, 2.24) is 14.9 Å². The lowest BCUT2D eigenvalue weighted by Crippen LogP contribution is -2.20. The van der Waals surface area contributed by atoms with Gasteiger partial charge >= 0.3 is 0 Å². The zero-order chi connectivity index (χ0) is 14.6. The van der Waals surface area contributed by atoms with Crippen LogP contribution in [0.4, 0.5) is 0 Å². The van der Waals surface area contributed by atoms with Crippen LogP contribution in [0.3, 0.4) is 0 Å². The summed E-state index contributed by atoms with van der Waals surface area (Å²) in [5.74, 6) is 0. The predicted octanol–water partition coefficient (Wildman–Crippen LogP) is 2.46. The van der Waals surface area contributed by atoms with Crippen molar-refractivity contribution in [3.8, 4) is 0 Å². The van der Waals surface area contributed by atoms with Crippen LogP contribution in [0.2, 0.25) is 5.02 Å². The maximum Gasteiger partial charge on any atom is 0.234 e. The number of benzene rings is 1. The fourth-order valence-electron chi connectivity index (χ4n) is 1.52. The maximum atomic E-state index is 11.8. The molecule has 2 N–H and O–H groups in total. The van der Waals surface area contributed by atoms with Gasteiger partial charge in [0, 0.05) is 28.2 Å². The van der Waals surface area contributed by atoms with Crippen molar-refractivity contribution in [1.29, 1.82) is 0 Å². The van der Waals surface area contributed by atoms with Crippen LogP contribution in [0, 0.1) is 6.92 Å². The van der Waals surface area contributed by atoms with E-state index in [-0.39, 0.29) is 6.54 Å². The van der Waals surface area contributed by atoms with Crippen molar-refractivity contribution < 1.29 is 8.42 Å². The first-order valence-corrected chi connectivity index (χ1v) is 7.81. The molecule has 1 aromatic carbocycles. The SMILES string of the molecule is Cc1[nH]ncc1CNS(=O)(=O)/C=C/c1ccc(Cl)cc1. The lowest BCUT2D eigenvalue weighted by atomic mass is 10.2. The molecular weight excluding hydrogens is 298 g/mol. The summed E-state index contributed by atoms with van der Waals surface area (Å²) in [5, 5.41) is 8.33. The van der Waals surface area contributed by atoms with Crippen LogP contribution < -0.4 is 4.72 Å². The summed E-state index contributed by atoms with van der Waals surface area (Å²) in [6, 6.07) is 6.90. The van der Waals surface area contributed by atoms with E-state index in [0.29, 0.717) is 5.02 Å². The number of aryl methyl sites for hydroxylation is 1. The second kappa shape index (κ2) is 6.21. The van der Waals surface area contributed by atoms with Crippen LogP contribution in [-0.2, 0) is 16.6 Å². The Labute approximate surface area is 122 Å². The van der Waals surface area contributed by atoms with E-state index in [1.807, 2.05) is 6.92 Å². The Kier molecular flexibility index (Phi) is 4.59. The van der Waals surface area contributed by atoms with Crippen molar-refractivity contribution in [3.05, 3.63) is 57.7 Å². The average Bonchev–Trinajstić information content (AvgIpc) is 2.82. The molecular formula is C13H14ClN3O2S. The van der Waals surface area contributed by atoms with Gasteiger partial charge < -0.3 is 0 Å². The second-order valence-electron chi connectivity index (χ2n) is 4.24. The summed E-state index contributed by atoms with van der Waals surface area (Å²) in [7, 11) is -3.49. The molecule has 0 atom stereocenters. The van der Waals surface area contributed by atoms with Crippen molar-refractivity contribution in [2.24, 2.45) is 0 Å². The molecule has 0 aliphatic heterocycles. The van der Waals surface area contributed by atoms with Gasteiger partial charge in [0.1, 0.15) is 0 Å². The number of rotatable bonds is 5. The summed E-state index contributed by atoms with van der Waals surface area (Å²) >= 11 is 5.76. The Hall–Kier alpha value is -1.63. The highest BCUT2D eigenvalue weighted by molar-refractivity contribution is 7.92. The highest BCUT2D eigenvalue weighted by Gasteiger charge is 2.07. The molecule has 1 heterocycles. The van der Waals surface area contributed by atoms with Gasteiger partial charge in [0.2, 0.25) is 10.0 Å². The van der Waals surface area contributed by atoms with E-state index in [1.165, 1.54) is 6.08 Å². The van der Waals surface area contributed by atoms with E-state index in [2.05, 4.69) is 14.9 Å². The third kappa shape index (κ3) is 4.19. The molecule has 0 spiro atoms. The van der Waals surface area contributed by atoms with Gasteiger partial charge in [-0.2, -0.15) is 5.10 Å². The van der Waals surface area contributed by atoms with Crippen LogP contribution in [0.25, 0.3) is 6.08 Å². The number of hydrogen-bond donors (Lipinski definition) is 2. The quantitative estimate of drug-likeness (QED) is 0.890. The lowest BCUT2D eigenvalue weighted by molar-refractivity contribution is 0.590. The summed E-state index contributed by atoms with van der Waals surface area (Å²) < 4.78 is 26.1. The van der Waals surface area contributed by atoms with Gasteiger partial charge in [-0.1, -0.05) is 23.7 Å². The number of hydrogen-bond acceptors (Lipinski definition) is 3. The molecule has 0 bridgehead atoms. The molecule has 0 amide bonds. The molecule has 0 unspecified atom stereocenters. The standard InChI is InChI=1S/C13H14ClN3O2S/c1-10-12(8-15-17-10)9-16-20(18,19)7-6-11-2-4-13(14)5-3-11/h2-8,16H,9H2,1H3,(H,15,17)/b7-6+. The van der Waals surface area contributed by atoms with Gasteiger partial charge in [-0.05, 0) is 30.7 Å². The molecule has 2 rings (SSSR count). The monoisotopic (exact) mass is 311 g/mol. The number of aromatic nitrogens is 2. The zero-order valence-corrected chi connectivity index (χ0v) is 12.4. The highest BCUT2D eigenvalue weighted by atomic mass is 35.5. The lowest BCUT2D eigenvalue weighted by Gasteiger charge is -2.01. The Morgan fingerprint density at radius 2 is 2.05 bits per heavy atom. The molecule has 0 aliphatic rings. The normalized spacial score (nSPS) is 12.1. The van der Waals surface area contributed by atoms with Crippen LogP contribution in [0.1, 0.15) is 16.8 Å². The van der Waals surface area contributed by atoms with E-state index in [4.69, 9.17) is 11.6 Å². The van der Waals surface area contributed by atoms with Gasteiger partial charge in [-0.15, -0.1) is 0 Å². The number of aromatic amines is 1. The molecule has 20 heavy (non-hydrogen) atoms. The summed E-state index contributed by atoms with van der Waals surface area (Å²) in [6.07, 6.45) is 3.11. The molecule has 0 fully saturated rings. The van der Waals surface area contributed by atoms with E-state index in [9.17, 15) is 8.42 Å². The van der Waals surface area contributed by atoms with Crippen LogP contribution >= 0.6 is 11.6 Å². The van der Waals surface area contributed by atoms with Crippen LogP contribution in [0.5, 0.6) is 0 Å². The fourth-order valence-corrected chi connectivity index (χ4v) is 2.44. The molecule has 0 radical (unpaired) electrons. The van der Waals surface area contributed by atoms with E-state index in [0.717, 1.165) is 22.2 Å². The molecule has 7 heteroatoms. The van der Waals surface area contributed by atoms with E-state index < -0.39 is 10.0 Å². The molecule has 2 aromatic rings. The van der Waals surface area contributed by atoms with Crippen molar-refractivity contribution in [2.75, 3.05) is 0 Å². The van der Waals surface area contributed by atoms with E-state index >= 15 is 0 Å². The molecule has 0 saturated heterocycles. The maximum absolute atomic E-state index is 11.8. The molecule has 5 nitrogen and oxygen atoms in total. The first-order chi connectivity index (χ1) is 9.46. The van der Waals surface area contributed by atoms with Gasteiger partial charge in [-0.25, -0.2) is 13.1 Å². The number of halogens is 1. The molecule has 1 aromatic heterocycles. The first-order valence-electron chi connectivity index (χ1n) is 5.88. The Bertz CT molecular complexity index is 705. The van der Waals surface area contributed by atoms with Crippen LogP contribution in [0.15, 0.2) is 35.9 Å². The third-order valence-electron chi connectivity index (χ3n) is 2.71. The fraction of sp³-hybridized carbons (Fsp3) is 0.154. The van der Waals surface area contributed by atoms with E-state index in [1.54, 1.807) is 30.5 Å². The number of nitrogens with zero attached hydrogens (tertiary/aromatic N) is 1. The summed E-state index contributed by atoms with van der Waals surface area (Å²) in [5.41, 5.74) is 2.42. The third-order valence-corrected chi connectivity index (χ3v) is 4.00. The molecule has 0 saturated carbocycles. The minimum atomic E-state index is -3.49. The molecule has 0 aliphatic carbocycles. The van der Waals surface area contributed by atoms with Crippen molar-refractivity contribution in [2.45, 2.75) is 13.5 Å². The Morgan fingerprint density at radius 3 is 2.65 bits per heavy atom. The van der Waals surface area contributed by atoms with Gasteiger partial charge in [0.15, 0.2) is 0 Å². The zero-order valence-electron chi connectivity index (χ0n) is 10.8. The van der Waals surface area contributed by atoms with Crippen LogP contribution in [-0.4, -0.2) is 18.6 Å². The minimum Gasteiger partial charge on any atom is -0.283 e. The number of nitrogens with one attached hydrogen (secondary N) is 2. The van der Waals surface area contributed by atoms with Crippen molar-refractivity contribution >= 4 is 27.7 Å². The number of sulfonamides is 1. The Morgan fingerprint density at radius 1 is 1.35 bits per heavy atom. The Balaban J connectivity index is 2.00. The first kappa shape index (κ1) is 14.8. The molecule has 106 valence electrons. The highest BCUT2D eigenvalue weighted by Crippen LogP contribution is 2.11. The smallest absolute Gasteiger partial charge is 0.234 e. The minimum absolute atomic E-state index is 0.204. The van der Waals surface area contributed by atoms with Gasteiger partial charge in [0.25, 0.3) is 0 Å². The number of H-pyrrole nitrogens is 1. The second-order valence-corrected chi connectivity index (χ2v) is 6.33. The predicted molar refractivity (Wildman–Crippen MR) is 79.6 cm³/mol. The van der Waals surface area contributed by atoms with Crippen molar-refractivity contribution in [3.63, 3.8) is 0 Å². The summed E-state index contributed by atoms with van der Waals surface area (Å²) in [4.78, 5) is 0. The largest absolute Gasteiger partial charge is 0.283 e. The van der Waals surface area contributed by atoms with Gasteiger partial charge in [0.05, 0.1) is 6.20 Å². The average molecular weight is 312 g/mol.